The summed E-state index contributed by atoms with van der Waals surface area (Å²) in [5.41, 5.74) is 8.73. The number of esters is 1. The van der Waals surface area contributed by atoms with Crippen LogP contribution in [-0.2, 0) is 33.0 Å². The first-order valence-corrected chi connectivity index (χ1v) is 15.4. The molecule has 5 heteroatoms. The van der Waals surface area contributed by atoms with E-state index in [2.05, 4.69) is 41.9 Å². The fourth-order valence-electron chi connectivity index (χ4n) is 5.81. The van der Waals surface area contributed by atoms with E-state index in [1.165, 1.54) is 0 Å². The van der Waals surface area contributed by atoms with Gasteiger partial charge in [-0.3, -0.25) is 9.63 Å². The summed E-state index contributed by atoms with van der Waals surface area (Å²) in [6.45, 7) is 0.803. The summed E-state index contributed by atoms with van der Waals surface area (Å²) in [5, 5.41) is 0. The van der Waals surface area contributed by atoms with Gasteiger partial charge in [0, 0.05) is 0 Å². The third kappa shape index (κ3) is 7.51. The van der Waals surface area contributed by atoms with Gasteiger partial charge in [-0.2, -0.15) is 0 Å². The van der Waals surface area contributed by atoms with Gasteiger partial charge < -0.3 is 9.47 Å². The van der Waals surface area contributed by atoms with Gasteiger partial charge in [0.1, 0.15) is 12.4 Å². The molecule has 5 nitrogen and oxygen atoms in total. The number of nitrogens with one attached hydrogen (secondary N) is 1. The van der Waals surface area contributed by atoms with E-state index in [0.717, 1.165) is 33.4 Å². The van der Waals surface area contributed by atoms with Gasteiger partial charge in [-0.1, -0.05) is 133 Å². The third-order valence-electron chi connectivity index (χ3n) is 8.39. The van der Waals surface area contributed by atoms with Crippen LogP contribution in [0.3, 0.4) is 0 Å². The Morgan fingerprint density at radius 3 is 1.71 bits per heavy atom. The molecule has 0 radical (unpaired) electrons. The van der Waals surface area contributed by atoms with Crippen molar-refractivity contribution in [3.63, 3.8) is 0 Å². The summed E-state index contributed by atoms with van der Waals surface area (Å²) >= 11 is 0. The first-order valence-electron chi connectivity index (χ1n) is 15.4. The minimum atomic E-state index is -0.802. The molecule has 1 saturated carbocycles. The maximum Gasteiger partial charge on any atom is 0.321 e. The van der Waals surface area contributed by atoms with Crippen LogP contribution in [0.5, 0.6) is 5.75 Å². The van der Waals surface area contributed by atoms with E-state index in [0.29, 0.717) is 50.5 Å². The summed E-state index contributed by atoms with van der Waals surface area (Å²) in [7, 11) is 0. The quantitative estimate of drug-likeness (QED) is 0.0715. The zero-order valence-electron chi connectivity index (χ0n) is 25.2. The molecule has 0 aromatic heterocycles. The molecule has 1 aliphatic carbocycles. The van der Waals surface area contributed by atoms with Crippen LogP contribution < -0.4 is 10.2 Å². The Morgan fingerprint density at radius 2 is 1.11 bits per heavy atom. The van der Waals surface area contributed by atoms with Crippen LogP contribution in [0.2, 0.25) is 0 Å². The molecule has 1 aliphatic rings. The first-order chi connectivity index (χ1) is 22.2. The average molecular weight is 596 g/mol. The Morgan fingerprint density at radius 1 is 0.600 bits per heavy atom. The molecule has 0 bridgehead atoms. The molecule has 226 valence electrons. The minimum absolute atomic E-state index is 0.236. The number of carbonyl (C=O) groups excluding carboxylic acids is 1. The van der Waals surface area contributed by atoms with E-state index >= 15 is 0 Å². The zero-order valence-corrected chi connectivity index (χ0v) is 25.2. The summed E-state index contributed by atoms with van der Waals surface area (Å²) in [6, 6.07) is 48.0. The number of para-hydroxylation sites is 1. The lowest BCUT2D eigenvalue weighted by Crippen LogP contribution is -2.41. The molecule has 5 aromatic carbocycles. The molecular formula is C40H37NO4. The second-order valence-electron chi connectivity index (χ2n) is 11.3. The molecule has 0 atom stereocenters. The third-order valence-corrected chi connectivity index (χ3v) is 8.39. The lowest BCUT2D eigenvalue weighted by Gasteiger charge is -2.37. The van der Waals surface area contributed by atoms with E-state index < -0.39 is 5.41 Å². The van der Waals surface area contributed by atoms with Crippen molar-refractivity contribution in [2.75, 3.05) is 0 Å². The minimum Gasteiger partial charge on any atom is -0.473 e. The zero-order chi connectivity index (χ0) is 30.7. The highest BCUT2D eigenvalue weighted by Gasteiger charge is 2.44. The van der Waals surface area contributed by atoms with Crippen LogP contribution in [0, 0.1) is 0 Å². The van der Waals surface area contributed by atoms with Gasteiger partial charge in [0.2, 0.25) is 5.88 Å². The highest BCUT2D eigenvalue weighted by molar-refractivity contribution is 5.86. The van der Waals surface area contributed by atoms with Gasteiger partial charge in [0.25, 0.3) is 0 Å². The van der Waals surface area contributed by atoms with Gasteiger partial charge in [0.05, 0.1) is 12.0 Å². The Labute approximate surface area is 265 Å². The van der Waals surface area contributed by atoms with Crippen molar-refractivity contribution in [2.45, 2.75) is 44.3 Å². The molecule has 0 unspecified atom stereocenters. The van der Waals surface area contributed by atoms with Crippen LogP contribution >= 0.6 is 0 Å². The maximum absolute atomic E-state index is 14.1. The topological polar surface area (TPSA) is 56.8 Å². The predicted octanol–water partition coefficient (Wildman–Crippen LogP) is 8.92. The average Bonchev–Trinajstić information content (AvgIpc) is 3.11. The van der Waals surface area contributed by atoms with Gasteiger partial charge >= 0.3 is 5.97 Å². The fraction of sp³-hybridized carbons (Fsp3) is 0.175. The molecule has 6 rings (SSSR count). The molecule has 0 spiro atoms. The van der Waals surface area contributed by atoms with Crippen molar-refractivity contribution < 1.29 is 19.1 Å². The largest absolute Gasteiger partial charge is 0.473 e. The first kappa shape index (κ1) is 29.9. The smallest absolute Gasteiger partial charge is 0.321 e. The lowest BCUT2D eigenvalue weighted by molar-refractivity contribution is -0.142. The van der Waals surface area contributed by atoms with E-state index in [9.17, 15) is 4.79 Å². The number of carbonyl (C=O) groups is 1. The number of ether oxygens (including phenoxy) is 2. The number of hydrogen-bond donors (Lipinski definition) is 1. The fourth-order valence-corrected chi connectivity index (χ4v) is 5.81. The van der Waals surface area contributed by atoms with Gasteiger partial charge in [-0.05, 0) is 71.2 Å². The van der Waals surface area contributed by atoms with Gasteiger partial charge in [-0.15, -0.1) is 0 Å². The van der Waals surface area contributed by atoms with Crippen molar-refractivity contribution in [2.24, 2.45) is 0 Å². The van der Waals surface area contributed by atoms with Crippen molar-refractivity contribution in [3.05, 3.63) is 174 Å². The highest BCUT2D eigenvalue weighted by atomic mass is 16.7. The number of rotatable bonds is 11. The van der Waals surface area contributed by atoms with Crippen molar-refractivity contribution in [3.8, 4) is 16.9 Å². The highest BCUT2D eigenvalue weighted by Crippen LogP contribution is 2.44. The van der Waals surface area contributed by atoms with E-state index in [-0.39, 0.29) is 5.97 Å². The number of hydroxylamine groups is 1. The van der Waals surface area contributed by atoms with Crippen LogP contribution in [0.1, 0.15) is 42.4 Å². The molecule has 0 heterocycles. The Balaban J connectivity index is 1.25. The van der Waals surface area contributed by atoms with Crippen LogP contribution in [0.15, 0.2) is 157 Å². The Kier molecular flexibility index (Phi) is 9.68. The van der Waals surface area contributed by atoms with Crippen molar-refractivity contribution >= 4 is 5.97 Å². The van der Waals surface area contributed by atoms with Crippen LogP contribution in [0.4, 0.5) is 0 Å². The van der Waals surface area contributed by atoms with E-state index in [1.807, 2.05) is 109 Å². The second-order valence-corrected chi connectivity index (χ2v) is 11.3. The van der Waals surface area contributed by atoms with Crippen LogP contribution in [0.25, 0.3) is 11.1 Å². The second kappa shape index (κ2) is 14.6. The number of benzene rings is 5. The molecule has 5 aromatic rings. The van der Waals surface area contributed by atoms with Gasteiger partial charge in [-0.25, -0.2) is 5.48 Å². The lowest BCUT2D eigenvalue weighted by atomic mass is 9.68. The van der Waals surface area contributed by atoms with Crippen molar-refractivity contribution in [1.82, 2.24) is 5.48 Å². The standard InChI is InChI=1S/C40H37NO4/c42-39(45-37-19-11-4-12-20-37)40(36-23-21-34(22-24-36)33-17-9-3-10-18-33)27-25-35(26-28-40)38(43-29-31-13-5-1-6-14-31)41-44-30-32-15-7-2-8-16-32/h1-24,41H,25-30H2. The maximum atomic E-state index is 14.1. The molecule has 1 fully saturated rings. The summed E-state index contributed by atoms with van der Waals surface area (Å²) in [5.74, 6) is 0.923. The molecular weight excluding hydrogens is 558 g/mol. The normalized spacial score (nSPS) is 16.0. The number of allylic oxidation sites excluding steroid dienone is 1. The molecule has 0 amide bonds. The molecule has 0 saturated heterocycles. The summed E-state index contributed by atoms with van der Waals surface area (Å²) < 4.78 is 12.3. The van der Waals surface area contributed by atoms with Crippen LogP contribution in [-0.4, -0.2) is 5.97 Å². The Hall–Kier alpha value is -5.13. The monoisotopic (exact) mass is 595 g/mol. The SMILES string of the molecule is O=C(Oc1ccccc1)C1(c2ccc(-c3ccccc3)cc2)CCC(=C(NOCc2ccccc2)OCc2ccccc2)CC1. The van der Waals surface area contributed by atoms with Gasteiger partial charge in [0.15, 0.2) is 0 Å². The molecule has 45 heavy (non-hydrogen) atoms. The van der Waals surface area contributed by atoms with E-state index in [4.69, 9.17) is 14.3 Å². The Bertz CT molecular complexity index is 1680. The predicted molar refractivity (Wildman–Crippen MR) is 177 cm³/mol. The summed E-state index contributed by atoms with van der Waals surface area (Å²) in [6.07, 6.45) is 2.46. The summed E-state index contributed by atoms with van der Waals surface area (Å²) in [4.78, 5) is 20.0. The van der Waals surface area contributed by atoms with E-state index in [1.54, 1.807) is 0 Å². The number of hydrogen-bond acceptors (Lipinski definition) is 5. The molecule has 0 aliphatic heterocycles. The molecule has 1 N–H and O–H groups in total. The van der Waals surface area contributed by atoms with Crippen molar-refractivity contribution in [1.29, 1.82) is 0 Å².